The van der Waals surface area contributed by atoms with E-state index in [4.69, 9.17) is 4.74 Å². The van der Waals surface area contributed by atoms with Crippen LogP contribution in [0.3, 0.4) is 0 Å². The summed E-state index contributed by atoms with van der Waals surface area (Å²) in [5, 5.41) is 14.4. The highest BCUT2D eigenvalue weighted by Gasteiger charge is 2.49. The molecule has 2 bridgehead atoms. The number of carbonyl (C=O) groups excluding carboxylic acids is 1. The van der Waals surface area contributed by atoms with Crippen LogP contribution in [-0.2, 0) is 23.2 Å². The number of piperidine rings is 2. The number of ether oxygens (including phenoxy) is 1. The van der Waals surface area contributed by atoms with E-state index in [1.807, 2.05) is 25.7 Å². The lowest BCUT2D eigenvalue weighted by atomic mass is 9.71. The zero-order chi connectivity index (χ0) is 20.4. The maximum Gasteiger partial charge on any atom is 0.410 e. The van der Waals surface area contributed by atoms with Crippen LogP contribution in [0.2, 0.25) is 0 Å². The van der Waals surface area contributed by atoms with Gasteiger partial charge in [-0.2, -0.15) is 0 Å². The molecule has 29 heavy (non-hydrogen) atoms. The molecule has 4 nitrogen and oxygen atoms in total. The third-order valence-electron chi connectivity index (χ3n) is 6.99. The predicted octanol–water partition coefficient (Wildman–Crippen LogP) is 5.08. The second kappa shape index (κ2) is 6.46. The maximum atomic E-state index is 12.9. The topological polar surface area (TPSA) is 49.8 Å². The minimum absolute atomic E-state index is 0.0328. The molecule has 3 aliphatic rings. The maximum absolute atomic E-state index is 12.9. The molecule has 2 aliphatic heterocycles. The highest BCUT2D eigenvalue weighted by molar-refractivity contribution is 5.93. The Labute approximate surface area is 172 Å². The zero-order valence-corrected chi connectivity index (χ0v) is 17.7. The Morgan fingerprint density at radius 3 is 2.38 bits per heavy atom. The van der Waals surface area contributed by atoms with E-state index in [0.29, 0.717) is 12.8 Å². The largest absolute Gasteiger partial charge is 0.444 e. The van der Waals surface area contributed by atoms with Crippen molar-refractivity contribution in [2.24, 2.45) is 0 Å². The molecule has 1 N–H and O–H groups in total. The lowest BCUT2D eigenvalue weighted by molar-refractivity contribution is -0.0958. The van der Waals surface area contributed by atoms with Crippen molar-refractivity contribution in [1.29, 1.82) is 0 Å². The number of nitrogens with zero attached hydrogens (tertiary/aromatic N) is 1. The molecule has 1 amide bonds. The highest BCUT2D eigenvalue weighted by Crippen LogP contribution is 2.47. The van der Waals surface area contributed by atoms with Gasteiger partial charge in [0.25, 0.3) is 0 Å². The highest BCUT2D eigenvalue weighted by atomic mass is 16.6. The Kier molecular flexibility index (Phi) is 4.22. The van der Waals surface area contributed by atoms with Gasteiger partial charge in [0.1, 0.15) is 5.60 Å². The Hall–Kier alpha value is -2.07. The molecule has 2 saturated heterocycles. The predicted molar refractivity (Wildman–Crippen MR) is 114 cm³/mol. The van der Waals surface area contributed by atoms with Crippen LogP contribution in [0.1, 0.15) is 69.6 Å². The van der Waals surface area contributed by atoms with Crippen molar-refractivity contribution in [3.8, 4) is 0 Å². The van der Waals surface area contributed by atoms with Crippen molar-refractivity contribution in [2.45, 2.75) is 89.0 Å². The van der Waals surface area contributed by atoms with E-state index >= 15 is 0 Å². The summed E-state index contributed by atoms with van der Waals surface area (Å²) in [4.78, 5) is 14.8. The molecule has 2 heterocycles. The molecule has 2 aromatic rings. The molecule has 0 spiro atoms. The minimum atomic E-state index is -0.895. The third kappa shape index (κ3) is 3.13. The van der Waals surface area contributed by atoms with Crippen LogP contribution < -0.4 is 0 Å². The first kappa shape index (κ1) is 18.9. The van der Waals surface area contributed by atoms with Gasteiger partial charge in [0.05, 0.1) is 5.60 Å². The summed E-state index contributed by atoms with van der Waals surface area (Å²) in [5.74, 6) is 0. The molecule has 0 saturated carbocycles. The van der Waals surface area contributed by atoms with Crippen LogP contribution in [0.25, 0.3) is 10.8 Å². The van der Waals surface area contributed by atoms with Crippen molar-refractivity contribution in [2.75, 3.05) is 0 Å². The van der Waals surface area contributed by atoms with Gasteiger partial charge in [0.2, 0.25) is 0 Å². The van der Waals surface area contributed by atoms with E-state index in [2.05, 4.69) is 30.3 Å². The van der Waals surface area contributed by atoms with E-state index in [-0.39, 0.29) is 18.2 Å². The first-order valence-corrected chi connectivity index (χ1v) is 11.0. The van der Waals surface area contributed by atoms with Crippen molar-refractivity contribution in [3.63, 3.8) is 0 Å². The van der Waals surface area contributed by atoms with Gasteiger partial charge in [-0.3, -0.25) is 0 Å². The molecule has 2 fully saturated rings. The van der Waals surface area contributed by atoms with E-state index in [1.54, 1.807) is 0 Å². The van der Waals surface area contributed by atoms with Gasteiger partial charge < -0.3 is 14.7 Å². The summed E-state index contributed by atoms with van der Waals surface area (Å²) < 4.78 is 5.70. The Balaban J connectivity index is 1.51. The monoisotopic (exact) mass is 393 g/mol. The fraction of sp³-hybridized carbons (Fsp3) is 0.560. The number of rotatable bonds is 1. The molecule has 2 unspecified atom stereocenters. The SMILES string of the molecule is CC(C)(C)OC(=O)N1C2CCCC1CC(O)(c1ccc3c4c(cccc14)CC3)C2. The van der Waals surface area contributed by atoms with Crippen LogP contribution >= 0.6 is 0 Å². The summed E-state index contributed by atoms with van der Waals surface area (Å²) in [6.07, 6.45) is 6.09. The van der Waals surface area contributed by atoms with Gasteiger partial charge in [0, 0.05) is 24.9 Å². The molecular formula is C25H31NO3. The van der Waals surface area contributed by atoms with E-state index in [0.717, 1.165) is 37.7 Å². The molecule has 0 radical (unpaired) electrons. The van der Waals surface area contributed by atoms with Gasteiger partial charge >= 0.3 is 6.09 Å². The van der Waals surface area contributed by atoms with Crippen LogP contribution in [0, 0.1) is 0 Å². The number of aryl methyl sites for hydroxylation is 2. The van der Waals surface area contributed by atoms with Crippen LogP contribution in [-0.4, -0.2) is 33.8 Å². The fourth-order valence-electron chi connectivity index (χ4n) is 5.91. The summed E-state index contributed by atoms with van der Waals surface area (Å²) in [6.45, 7) is 5.73. The number of fused-ring (bicyclic) bond motifs is 2. The first-order chi connectivity index (χ1) is 13.8. The van der Waals surface area contributed by atoms with Gasteiger partial charge in [-0.25, -0.2) is 4.79 Å². The zero-order valence-electron chi connectivity index (χ0n) is 17.7. The van der Waals surface area contributed by atoms with Gasteiger partial charge in [-0.15, -0.1) is 0 Å². The van der Waals surface area contributed by atoms with Crippen molar-refractivity contribution in [1.82, 2.24) is 4.90 Å². The number of hydrogen-bond acceptors (Lipinski definition) is 3. The summed E-state index contributed by atoms with van der Waals surface area (Å²) in [6, 6.07) is 10.9. The molecule has 5 rings (SSSR count). The second-order valence-corrected chi connectivity index (χ2v) is 10.2. The summed E-state index contributed by atoms with van der Waals surface area (Å²) in [5.41, 5.74) is 2.44. The average molecular weight is 394 g/mol. The fourth-order valence-corrected chi connectivity index (χ4v) is 5.91. The lowest BCUT2D eigenvalue weighted by Gasteiger charge is -2.52. The summed E-state index contributed by atoms with van der Waals surface area (Å²) >= 11 is 0. The lowest BCUT2D eigenvalue weighted by Crippen LogP contribution is -2.59. The van der Waals surface area contributed by atoms with E-state index in [9.17, 15) is 9.90 Å². The number of aliphatic hydroxyl groups is 1. The second-order valence-electron chi connectivity index (χ2n) is 10.2. The number of hydrogen-bond donors (Lipinski definition) is 1. The molecule has 1 aliphatic carbocycles. The molecule has 154 valence electrons. The third-order valence-corrected chi connectivity index (χ3v) is 6.99. The minimum Gasteiger partial charge on any atom is -0.444 e. The van der Waals surface area contributed by atoms with Crippen LogP contribution in [0.15, 0.2) is 30.3 Å². The van der Waals surface area contributed by atoms with E-state index in [1.165, 1.54) is 21.9 Å². The molecule has 2 atom stereocenters. The number of amides is 1. The van der Waals surface area contributed by atoms with E-state index < -0.39 is 11.2 Å². The van der Waals surface area contributed by atoms with Crippen molar-refractivity contribution in [3.05, 3.63) is 47.0 Å². The molecule has 0 aromatic heterocycles. The Morgan fingerprint density at radius 2 is 1.72 bits per heavy atom. The Bertz CT molecular complexity index is 950. The quantitative estimate of drug-likeness (QED) is 0.735. The standard InChI is InChI=1S/C25H31NO3/c1-24(2,3)29-23(27)26-18-7-5-8-19(26)15-25(28,14-18)21-13-12-17-11-10-16-6-4-9-20(21)22(16)17/h4,6,9,12-13,18-19,28H,5,7-8,10-11,14-15H2,1-3H3. The van der Waals surface area contributed by atoms with Gasteiger partial charge in [-0.1, -0.05) is 30.3 Å². The molecule has 2 aromatic carbocycles. The van der Waals surface area contributed by atoms with Crippen molar-refractivity contribution < 1.29 is 14.6 Å². The number of carbonyl (C=O) groups is 1. The normalized spacial score (nSPS) is 28.6. The molecular weight excluding hydrogens is 362 g/mol. The van der Waals surface area contributed by atoms with Gasteiger partial charge in [-0.05, 0) is 80.3 Å². The van der Waals surface area contributed by atoms with Crippen molar-refractivity contribution >= 4 is 16.9 Å². The molecule has 4 heteroatoms. The van der Waals surface area contributed by atoms with Gasteiger partial charge in [0.15, 0.2) is 0 Å². The smallest absolute Gasteiger partial charge is 0.410 e. The summed E-state index contributed by atoms with van der Waals surface area (Å²) in [7, 11) is 0. The van der Waals surface area contributed by atoms with Crippen LogP contribution in [0.4, 0.5) is 4.79 Å². The number of benzene rings is 2. The average Bonchev–Trinajstić information content (AvgIpc) is 3.05. The Morgan fingerprint density at radius 1 is 1.07 bits per heavy atom. The van der Waals surface area contributed by atoms with Crippen LogP contribution in [0.5, 0.6) is 0 Å². The first-order valence-electron chi connectivity index (χ1n) is 11.0.